The van der Waals surface area contributed by atoms with Gasteiger partial charge in [0.2, 0.25) is 0 Å². The molecule has 0 saturated carbocycles. The SMILES string of the molecule is CC[CH2][Ta]([NH2])([N](CC)CC)([N](CC)CC)[N](CC)CC. The van der Waals surface area contributed by atoms with Gasteiger partial charge in [0.1, 0.15) is 0 Å². The Kier molecular flexibility index (Phi) is 9.14. The molecule has 0 fully saturated rings. The molecule has 0 spiro atoms. The molecule has 0 aliphatic rings. The van der Waals surface area contributed by atoms with E-state index in [1.807, 2.05) is 0 Å². The zero-order chi connectivity index (χ0) is 15.8. The van der Waals surface area contributed by atoms with Crippen LogP contribution in [0.25, 0.3) is 0 Å². The van der Waals surface area contributed by atoms with E-state index in [4.69, 9.17) is 4.14 Å². The van der Waals surface area contributed by atoms with E-state index in [0.717, 1.165) is 39.3 Å². The quantitative estimate of drug-likeness (QED) is 0.518. The monoisotopic (exact) mass is 456 g/mol. The molecule has 0 aliphatic heterocycles. The van der Waals surface area contributed by atoms with E-state index in [1.54, 1.807) is 0 Å². The van der Waals surface area contributed by atoms with Crippen LogP contribution in [0.15, 0.2) is 0 Å². The van der Waals surface area contributed by atoms with Crippen molar-refractivity contribution in [1.29, 1.82) is 0 Å². The molecule has 0 bridgehead atoms. The van der Waals surface area contributed by atoms with Crippen molar-refractivity contribution in [2.45, 2.75) is 59.5 Å². The molecule has 0 amide bonds. The first kappa shape index (κ1) is 20.6. The minimum absolute atomic E-state index is 1.06. The zero-order valence-electron chi connectivity index (χ0n) is 15.0. The molecule has 4 nitrogen and oxygen atoms in total. The summed E-state index contributed by atoms with van der Waals surface area (Å²) in [5.74, 6) is 0. The van der Waals surface area contributed by atoms with Crippen molar-refractivity contribution in [3.05, 3.63) is 0 Å². The number of hydrogen-bond acceptors (Lipinski definition) is 4. The van der Waals surface area contributed by atoms with Gasteiger partial charge in [0, 0.05) is 0 Å². The average Bonchev–Trinajstić information content (AvgIpc) is 2.42. The van der Waals surface area contributed by atoms with E-state index in [9.17, 15) is 0 Å². The van der Waals surface area contributed by atoms with E-state index in [2.05, 4.69) is 58.4 Å². The predicted octanol–water partition coefficient (Wildman–Crippen LogP) is 3.15. The molecule has 0 unspecified atom stereocenters. The van der Waals surface area contributed by atoms with Crippen molar-refractivity contribution in [1.82, 2.24) is 9.91 Å². The fourth-order valence-electron chi connectivity index (χ4n) is 3.91. The maximum absolute atomic E-state index is 7.52. The number of nitrogens with zero attached hydrogens (tertiary/aromatic N) is 3. The standard InChI is InChI=1S/3C4H10N.C3H7.H2N.Ta/c3*1-3-5-4-2;1-3-2;;/h3*3-4H2,1-2H3;1,3H2,2H3;1H2;/q3*-1;;-1;+4. The predicted molar refractivity (Wildman–Crippen MR) is 88.0 cm³/mol. The van der Waals surface area contributed by atoms with Gasteiger partial charge in [-0.1, -0.05) is 0 Å². The first-order valence-corrected chi connectivity index (χ1v) is 17.0. The first-order valence-electron chi connectivity index (χ1n) is 8.52. The molecule has 20 heavy (non-hydrogen) atoms. The molecule has 5 heteroatoms. The van der Waals surface area contributed by atoms with E-state index in [1.165, 1.54) is 11.1 Å². The van der Waals surface area contributed by atoms with Crippen LogP contribution in [0.5, 0.6) is 0 Å². The first-order chi connectivity index (χ1) is 9.44. The van der Waals surface area contributed by atoms with Gasteiger partial charge in [-0.05, 0) is 0 Å². The van der Waals surface area contributed by atoms with Gasteiger partial charge in [0.25, 0.3) is 0 Å². The third-order valence-electron chi connectivity index (χ3n) is 4.69. The third-order valence-corrected chi connectivity index (χ3v) is 28.8. The van der Waals surface area contributed by atoms with Crippen LogP contribution < -0.4 is 4.14 Å². The van der Waals surface area contributed by atoms with E-state index < -0.39 is 16.9 Å². The summed E-state index contributed by atoms with van der Waals surface area (Å²) in [6.07, 6.45) is 1.17. The van der Waals surface area contributed by atoms with Crippen LogP contribution in [0.1, 0.15) is 54.9 Å². The van der Waals surface area contributed by atoms with Crippen molar-refractivity contribution in [2.75, 3.05) is 39.3 Å². The molecule has 0 aromatic carbocycles. The summed E-state index contributed by atoms with van der Waals surface area (Å²) in [6.45, 7) is 22.3. The second kappa shape index (κ2) is 8.89. The topological polar surface area (TPSA) is 35.7 Å². The normalized spacial score (nSPS) is 15.1. The third kappa shape index (κ3) is 3.32. The summed E-state index contributed by atoms with van der Waals surface area (Å²) in [6, 6.07) is 0. The molecule has 0 aliphatic carbocycles. The van der Waals surface area contributed by atoms with Crippen molar-refractivity contribution in [2.24, 2.45) is 4.14 Å². The van der Waals surface area contributed by atoms with Crippen LogP contribution in [0.3, 0.4) is 0 Å². The van der Waals surface area contributed by atoms with Crippen molar-refractivity contribution in [3.63, 3.8) is 0 Å². The van der Waals surface area contributed by atoms with Gasteiger partial charge in [-0.25, -0.2) is 0 Å². The molecule has 0 aromatic heterocycles. The summed E-state index contributed by atoms with van der Waals surface area (Å²) in [5, 5.41) is 0. The Morgan fingerprint density at radius 3 is 1.00 bits per heavy atom. The fourth-order valence-corrected chi connectivity index (χ4v) is 27.2. The Morgan fingerprint density at radius 1 is 0.600 bits per heavy atom. The van der Waals surface area contributed by atoms with Crippen molar-refractivity contribution >= 4 is 0 Å². The summed E-state index contributed by atoms with van der Waals surface area (Å²) in [7, 11) is 0. The molecule has 0 saturated heterocycles. The van der Waals surface area contributed by atoms with Crippen LogP contribution in [0.4, 0.5) is 0 Å². The molecule has 0 atom stereocenters. The van der Waals surface area contributed by atoms with Crippen LogP contribution in [-0.4, -0.2) is 49.2 Å². The van der Waals surface area contributed by atoms with Gasteiger partial charge >= 0.3 is 130 Å². The van der Waals surface area contributed by atoms with Crippen LogP contribution in [-0.2, 0) is 16.9 Å². The van der Waals surface area contributed by atoms with Gasteiger partial charge in [-0.15, -0.1) is 0 Å². The Bertz CT molecular complexity index is 227. The number of hydrogen-bond donors (Lipinski definition) is 1. The molecule has 0 aromatic rings. The van der Waals surface area contributed by atoms with E-state index >= 15 is 0 Å². The molecule has 124 valence electrons. The fraction of sp³-hybridized carbons (Fsp3) is 1.00. The second-order valence-corrected chi connectivity index (χ2v) is 21.8. The maximum atomic E-state index is 7.52. The number of rotatable bonds is 11. The number of nitrogens with two attached hydrogens (primary N) is 1. The average molecular weight is 456 g/mol. The van der Waals surface area contributed by atoms with E-state index in [0.29, 0.717) is 0 Å². The Labute approximate surface area is 129 Å². The van der Waals surface area contributed by atoms with Gasteiger partial charge in [-0.3, -0.25) is 0 Å². The summed E-state index contributed by atoms with van der Waals surface area (Å²) < 4.78 is 16.7. The molecule has 0 radical (unpaired) electrons. The Balaban J connectivity index is 6.14. The van der Waals surface area contributed by atoms with Gasteiger partial charge in [-0.2, -0.15) is 0 Å². The summed E-state index contributed by atoms with van der Waals surface area (Å²) in [4.78, 5) is 0. The second-order valence-electron chi connectivity index (χ2n) is 5.36. The van der Waals surface area contributed by atoms with Gasteiger partial charge in [0.05, 0.1) is 0 Å². The molecule has 0 heterocycles. The zero-order valence-corrected chi connectivity index (χ0v) is 18.2. The molecule has 2 N–H and O–H groups in total. The van der Waals surface area contributed by atoms with Crippen molar-refractivity contribution < 1.29 is 16.9 Å². The van der Waals surface area contributed by atoms with Crippen LogP contribution in [0, 0.1) is 0 Å². The molecular formula is C15H39N4Ta. The molecular weight excluding hydrogens is 417 g/mol. The molecule has 0 rings (SSSR count). The Hall–Kier alpha value is 0.580. The summed E-state index contributed by atoms with van der Waals surface area (Å²) in [5.41, 5.74) is 0. The van der Waals surface area contributed by atoms with Crippen LogP contribution >= 0.6 is 0 Å². The summed E-state index contributed by atoms with van der Waals surface area (Å²) >= 11 is -3.84. The van der Waals surface area contributed by atoms with E-state index in [-0.39, 0.29) is 0 Å². The van der Waals surface area contributed by atoms with Crippen LogP contribution in [0.2, 0.25) is 4.64 Å². The minimum atomic E-state index is -3.84. The van der Waals surface area contributed by atoms with Gasteiger partial charge in [0.15, 0.2) is 0 Å². The Morgan fingerprint density at radius 2 is 0.850 bits per heavy atom. The van der Waals surface area contributed by atoms with Gasteiger partial charge < -0.3 is 0 Å². The van der Waals surface area contributed by atoms with Crippen molar-refractivity contribution in [3.8, 4) is 0 Å².